The first-order valence-electron chi connectivity index (χ1n) is 8.98. The van der Waals surface area contributed by atoms with Crippen LogP contribution in [0.4, 0.5) is 0 Å². The zero-order chi connectivity index (χ0) is 20.5. The fourth-order valence-electron chi connectivity index (χ4n) is 2.84. The molecule has 0 saturated carbocycles. The SMILES string of the molecule is Cc1ccsc1-c1nnc(-c2nc(-c3ccc(C(=O)N(C)C)cc3)cnc2C)o1.[HH]. The molecule has 0 unspecified atom stereocenters. The Kier molecular flexibility index (Phi) is 4.94. The highest BCUT2D eigenvalue weighted by Crippen LogP contribution is 2.31. The first-order chi connectivity index (χ1) is 13.9. The van der Waals surface area contributed by atoms with Crippen molar-refractivity contribution >= 4 is 17.2 Å². The van der Waals surface area contributed by atoms with Crippen LogP contribution in [0, 0.1) is 13.8 Å². The molecule has 29 heavy (non-hydrogen) atoms. The molecule has 0 aliphatic carbocycles. The van der Waals surface area contributed by atoms with Crippen LogP contribution in [0.15, 0.2) is 46.3 Å². The first-order valence-corrected chi connectivity index (χ1v) is 9.86. The predicted octanol–water partition coefficient (Wildman–Crippen LogP) is 4.49. The molecule has 1 amide bonds. The summed E-state index contributed by atoms with van der Waals surface area (Å²) in [5, 5.41) is 10.3. The molecule has 0 fully saturated rings. The second-order valence-corrected chi connectivity index (χ2v) is 7.73. The smallest absolute Gasteiger partial charge is 0.268 e. The quantitative estimate of drug-likeness (QED) is 0.496. The van der Waals surface area contributed by atoms with Crippen LogP contribution in [0.5, 0.6) is 0 Å². The molecule has 7 nitrogen and oxygen atoms in total. The molecular formula is C21H21N5O2S. The summed E-state index contributed by atoms with van der Waals surface area (Å²) in [6, 6.07) is 9.29. The largest absolute Gasteiger partial charge is 0.414 e. The van der Waals surface area contributed by atoms with Crippen molar-refractivity contribution in [3.05, 3.63) is 58.7 Å². The summed E-state index contributed by atoms with van der Waals surface area (Å²) in [5.74, 6) is 0.763. The molecule has 0 aliphatic rings. The number of hydrogen-bond acceptors (Lipinski definition) is 7. The zero-order valence-electron chi connectivity index (χ0n) is 16.5. The molecule has 148 valence electrons. The second-order valence-electron chi connectivity index (χ2n) is 6.81. The molecule has 4 aromatic rings. The summed E-state index contributed by atoms with van der Waals surface area (Å²) in [4.78, 5) is 23.7. The highest BCUT2D eigenvalue weighted by Gasteiger charge is 2.18. The van der Waals surface area contributed by atoms with Crippen LogP contribution >= 0.6 is 11.3 Å². The van der Waals surface area contributed by atoms with Gasteiger partial charge in [-0.25, -0.2) is 4.98 Å². The number of aromatic nitrogens is 4. The molecule has 8 heteroatoms. The van der Waals surface area contributed by atoms with Crippen molar-refractivity contribution in [3.63, 3.8) is 0 Å². The number of rotatable bonds is 4. The lowest BCUT2D eigenvalue weighted by Gasteiger charge is -2.10. The van der Waals surface area contributed by atoms with E-state index in [1.165, 1.54) is 0 Å². The normalized spacial score (nSPS) is 10.9. The van der Waals surface area contributed by atoms with Crippen LogP contribution in [-0.4, -0.2) is 45.1 Å². The summed E-state index contributed by atoms with van der Waals surface area (Å²) in [7, 11) is 3.45. The summed E-state index contributed by atoms with van der Waals surface area (Å²) >= 11 is 1.56. The van der Waals surface area contributed by atoms with E-state index in [0.717, 1.165) is 16.0 Å². The van der Waals surface area contributed by atoms with Gasteiger partial charge in [0, 0.05) is 26.6 Å². The van der Waals surface area contributed by atoms with Gasteiger partial charge in [-0.05, 0) is 43.0 Å². The summed E-state index contributed by atoms with van der Waals surface area (Å²) < 4.78 is 5.88. The zero-order valence-corrected chi connectivity index (χ0v) is 17.3. The van der Waals surface area contributed by atoms with Crippen molar-refractivity contribution < 1.29 is 10.6 Å². The maximum atomic E-state index is 12.1. The highest BCUT2D eigenvalue weighted by molar-refractivity contribution is 7.13. The molecule has 0 bridgehead atoms. The Morgan fingerprint density at radius 1 is 1.07 bits per heavy atom. The van der Waals surface area contributed by atoms with Crippen LogP contribution in [0.25, 0.3) is 33.6 Å². The van der Waals surface area contributed by atoms with Gasteiger partial charge in [-0.2, -0.15) is 0 Å². The third-order valence-corrected chi connectivity index (χ3v) is 5.48. The van der Waals surface area contributed by atoms with E-state index in [4.69, 9.17) is 4.42 Å². The molecule has 0 saturated heterocycles. The van der Waals surface area contributed by atoms with E-state index >= 15 is 0 Å². The summed E-state index contributed by atoms with van der Waals surface area (Å²) in [6.45, 7) is 3.86. The van der Waals surface area contributed by atoms with E-state index in [1.54, 1.807) is 48.7 Å². The maximum absolute atomic E-state index is 12.1. The maximum Gasteiger partial charge on any atom is 0.268 e. The molecule has 0 radical (unpaired) electrons. The minimum atomic E-state index is -0.0468. The molecule has 0 spiro atoms. The van der Waals surface area contributed by atoms with E-state index in [0.29, 0.717) is 34.4 Å². The topological polar surface area (TPSA) is 85.0 Å². The summed E-state index contributed by atoms with van der Waals surface area (Å²) in [6.07, 6.45) is 1.70. The van der Waals surface area contributed by atoms with Gasteiger partial charge >= 0.3 is 0 Å². The fourth-order valence-corrected chi connectivity index (χ4v) is 3.68. The highest BCUT2D eigenvalue weighted by atomic mass is 32.1. The number of nitrogens with zero attached hydrogens (tertiary/aromatic N) is 5. The van der Waals surface area contributed by atoms with Gasteiger partial charge < -0.3 is 9.32 Å². The third kappa shape index (κ3) is 3.66. The number of thiophene rings is 1. The fraction of sp³-hybridized carbons (Fsp3) is 0.190. The number of amides is 1. The lowest BCUT2D eigenvalue weighted by molar-refractivity contribution is 0.0827. The van der Waals surface area contributed by atoms with Gasteiger partial charge in [0.15, 0.2) is 0 Å². The number of aryl methyl sites for hydroxylation is 2. The summed E-state index contributed by atoms with van der Waals surface area (Å²) in [5.41, 5.74) is 4.47. The van der Waals surface area contributed by atoms with Gasteiger partial charge in [0.1, 0.15) is 5.69 Å². The Morgan fingerprint density at radius 3 is 2.45 bits per heavy atom. The number of hydrogen-bond donors (Lipinski definition) is 0. The molecule has 3 heterocycles. The van der Waals surface area contributed by atoms with Crippen molar-refractivity contribution in [2.24, 2.45) is 0 Å². The average Bonchev–Trinajstić information content (AvgIpc) is 3.36. The number of carbonyl (C=O) groups is 1. The minimum Gasteiger partial charge on any atom is -0.414 e. The van der Waals surface area contributed by atoms with Crippen LogP contribution < -0.4 is 0 Å². The van der Waals surface area contributed by atoms with Gasteiger partial charge in [-0.15, -0.1) is 21.5 Å². The predicted molar refractivity (Wildman–Crippen MR) is 114 cm³/mol. The van der Waals surface area contributed by atoms with Crippen LogP contribution in [-0.2, 0) is 0 Å². The average molecular weight is 407 g/mol. The van der Waals surface area contributed by atoms with E-state index in [2.05, 4.69) is 20.2 Å². The Bertz CT molecular complexity index is 1180. The molecule has 1 aromatic carbocycles. The van der Waals surface area contributed by atoms with Gasteiger partial charge in [0.05, 0.1) is 22.5 Å². The molecule has 4 rings (SSSR count). The van der Waals surface area contributed by atoms with Gasteiger partial charge in [-0.1, -0.05) is 12.1 Å². The molecule has 0 N–H and O–H groups in total. The lowest BCUT2D eigenvalue weighted by Crippen LogP contribution is -2.21. The van der Waals surface area contributed by atoms with Crippen LogP contribution in [0.3, 0.4) is 0 Å². The minimum absolute atomic E-state index is 0. The van der Waals surface area contributed by atoms with Crippen molar-refractivity contribution in [2.75, 3.05) is 14.1 Å². The Labute approximate surface area is 173 Å². The van der Waals surface area contributed by atoms with Crippen molar-refractivity contribution in [1.29, 1.82) is 0 Å². The molecular weight excluding hydrogens is 386 g/mol. The van der Waals surface area contributed by atoms with E-state index in [9.17, 15) is 4.79 Å². The lowest BCUT2D eigenvalue weighted by atomic mass is 10.1. The number of carbonyl (C=O) groups excluding carboxylic acids is 1. The number of benzene rings is 1. The van der Waals surface area contributed by atoms with Gasteiger partial charge in [0.25, 0.3) is 17.7 Å². The van der Waals surface area contributed by atoms with E-state index in [-0.39, 0.29) is 7.33 Å². The standard InChI is InChI=1S/C21H19N5O2S.H2/c1-12-9-10-29-18(12)20-25-24-19(28-20)17-13(2)22-11-16(23-17)14-5-7-15(8-6-14)21(27)26(3)4;/h5-11H,1-4H3;1H. The Balaban J connectivity index is 0.00000256. The van der Waals surface area contributed by atoms with Gasteiger partial charge in [-0.3, -0.25) is 9.78 Å². The molecule has 3 aromatic heterocycles. The van der Waals surface area contributed by atoms with Gasteiger partial charge in [0.2, 0.25) is 0 Å². The van der Waals surface area contributed by atoms with E-state index < -0.39 is 0 Å². The Morgan fingerprint density at radius 2 is 1.79 bits per heavy atom. The second kappa shape index (κ2) is 7.56. The van der Waals surface area contributed by atoms with Crippen molar-refractivity contribution in [1.82, 2.24) is 25.1 Å². The first kappa shape index (κ1) is 18.9. The monoisotopic (exact) mass is 407 g/mol. The van der Waals surface area contributed by atoms with Crippen LogP contribution in [0.2, 0.25) is 0 Å². The molecule has 0 aliphatic heterocycles. The van der Waals surface area contributed by atoms with E-state index in [1.807, 2.05) is 37.4 Å². The third-order valence-electron chi connectivity index (χ3n) is 4.47. The molecule has 0 atom stereocenters. The van der Waals surface area contributed by atoms with Crippen molar-refractivity contribution in [3.8, 4) is 33.6 Å². The van der Waals surface area contributed by atoms with Crippen molar-refractivity contribution in [2.45, 2.75) is 13.8 Å². The Hall–Kier alpha value is -3.39. The van der Waals surface area contributed by atoms with Crippen LogP contribution in [0.1, 0.15) is 23.0 Å².